The Kier molecular flexibility index (Phi) is 4.42. The van der Waals surface area contributed by atoms with Crippen molar-refractivity contribution in [2.45, 2.75) is 20.0 Å². The molecule has 5 nitrogen and oxygen atoms in total. The van der Waals surface area contributed by atoms with Gasteiger partial charge >= 0.3 is 5.97 Å². The minimum Gasteiger partial charge on any atom is -0.449 e. The Hall–Kier alpha value is -2.56. The number of aromatic amines is 1. The van der Waals surface area contributed by atoms with Gasteiger partial charge in [0.2, 0.25) is 0 Å². The molecular formula is C16H18N2O3. The van der Waals surface area contributed by atoms with E-state index in [1.807, 2.05) is 24.3 Å². The van der Waals surface area contributed by atoms with Gasteiger partial charge < -0.3 is 15.0 Å². The first kappa shape index (κ1) is 14.8. The molecule has 2 N–H and O–H groups in total. The molecular weight excluding hydrogens is 268 g/mol. The number of benzene rings is 1. The molecule has 1 aromatic heterocycles. The molecule has 0 radical (unpaired) electrons. The third-order valence-corrected chi connectivity index (χ3v) is 3.17. The molecule has 2 aromatic rings. The third-order valence-electron chi connectivity index (χ3n) is 3.17. The lowest BCUT2D eigenvalue weighted by molar-refractivity contribution is -0.128. The van der Waals surface area contributed by atoms with E-state index < -0.39 is 12.1 Å². The number of para-hydroxylation sites is 1. The zero-order valence-corrected chi connectivity index (χ0v) is 12.1. The van der Waals surface area contributed by atoms with Gasteiger partial charge in [-0.1, -0.05) is 24.3 Å². The standard InChI is InChI=1S/C16H18N2O3/c1-4-9-17-15(19)11(3)21-16(20)14-10(2)18-13-8-6-5-7-12(13)14/h4-8,11,18H,1,9H2,2-3H3,(H,17,19). The molecule has 0 saturated heterocycles. The van der Waals surface area contributed by atoms with Crippen molar-refractivity contribution in [1.82, 2.24) is 10.3 Å². The maximum Gasteiger partial charge on any atom is 0.341 e. The van der Waals surface area contributed by atoms with Gasteiger partial charge in [-0.2, -0.15) is 0 Å². The van der Waals surface area contributed by atoms with Crippen molar-refractivity contribution >= 4 is 22.8 Å². The average Bonchev–Trinajstić information content (AvgIpc) is 2.80. The number of aromatic nitrogens is 1. The van der Waals surface area contributed by atoms with Gasteiger partial charge in [0.1, 0.15) is 0 Å². The van der Waals surface area contributed by atoms with E-state index >= 15 is 0 Å². The fourth-order valence-corrected chi connectivity index (χ4v) is 2.13. The zero-order chi connectivity index (χ0) is 15.4. The summed E-state index contributed by atoms with van der Waals surface area (Å²) in [5, 5.41) is 3.38. The van der Waals surface area contributed by atoms with E-state index in [9.17, 15) is 9.59 Å². The Morgan fingerprint density at radius 3 is 2.86 bits per heavy atom. The van der Waals surface area contributed by atoms with E-state index in [1.54, 1.807) is 19.9 Å². The lowest BCUT2D eigenvalue weighted by atomic mass is 10.1. The monoisotopic (exact) mass is 286 g/mol. The number of hydrogen-bond acceptors (Lipinski definition) is 3. The van der Waals surface area contributed by atoms with Crippen LogP contribution in [0.4, 0.5) is 0 Å². The average molecular weight is 286 g/mol. The topological polar surface area (TPSA) is 71.2 Å². The van der Waals surface area contributed by atoms with E-state index in [2.05, 4.69) is 16.9 Å². The molecule has 110 valence electrons. The summed E-state index contributed by atoms with van der Waals surface area (Å²) in [6.45, 7) is 7.20. The molecule has 1 aromatic carbocycles. The van der Waals surface area contributed by atoms with Crippen LogP contribution in [0.25, 0.3) is 10.9 Å². The van der Waals surface area contributed by atoms with Gasteiger partial charge in [-0.15, -0.1) is 6.58 Å². The van der Waals surface area contributed by atoms with Crippen molar-refractivity contribution in [3.8, 4) is 0 Å². The molecule has 21 heavy (non-hydrogen) atoms. The van der Waals surface area contributed by atoms with Crippen molar-refractivity contribution in [2.75, 3.05) is 6.54 Å². The predicted molar refractivity (Wildman–Crippen MR) is 81.1 cm³/mol. The Bertz CT molecular complexity index is 688. The Morgan fingerprint density at radius 1 is 1.43 bits per heavy atom. The SMILES string of the molecule is C=CCNC(=O)C(C)OC(=O)c1c(C)[nH]c2ccccc12. The number of esters is 1. The third kappa shape index (κ3) is 3.13. The van der Waals surface area contributed by atoms with Gasteiger partial charge in [-0.05, 0) is 19.9 Å². The molecule has 1 unspecified atom stereocenters. The summed E-state index contributed by atoms with van der Waals surface area (Å²) >= 11 is 0. The molecule has 0 saturated carbocycles. The van der Waals surface area contributed by atoms with Crippen molar-refractivity contribution in [1.29, 1.82) is 0 Å². The summed E-state index contributed by atoms with van der Waals surface area (Å²) < 4.78 is 5.24. The molecule has 1 heterocycles. The molecule has 5 heteroatoms. The van der Waals surface area contributed by atoms with Gasteiger partial charge in [-0.3, -0.25) is 4.79 Å². The van der Waals surface area contributed by atoms with Crippen molar-refractivity contribution in [2.24, 2.45) is 0 Å². The molecule has 1 amide bonds. The van der Waals surface area contributed by atoms with Gasteiger partial charge in [-0.25, -0.2) is 4.79 Å². The van der Waals surface area contributed by atoms with Crippen molar-refractivity contribution < 1.29 is 14.3 Å². The number of H-pyrrole nitrogens is 1. The number of amides is 1. The molecule has 2 rings (SSSR count). The number of rotatable bonds is 5. The van der Waals surface area contributed by atoms with Crippen LogP contribution in [0.2, 0.25) is 0 Å². The van der Waals surface area contributed by atoms with Crippen LogP contribution in [0.15, 0.2) is 36.9 Å². The summed E-state index contributed by atoms with van der Waals surface area (Å²) in [7, 11) is 0. The summed E-state index contributed by atoms with van der Waals surface area (Å²) in [5.41, 5.74) is 2.06. The number of nitrogens with one attached hydrogen (secondary N) is 2. The summed E-state index contributed by atoms with van der Waals surface area (Å²) in [4.78, 5) is 27.1. The quantitative estimate of drug-likeness (QED) is 0.654. The van der Waals surface area contributed by atoms with Crippen LogP contribution in [-0.2, 0) is 9.53 Å². The van der Waals surface area contributed by atoms with Crippen LogP contribution in [0, 0.1) is 6.92 Å². The summed E-state index contributed by atoms with van der Waals surface area (Å²) in [6.07, 6.45) is 0.710. The van der Waals surface area contributed by atoms with Crippen LogP contribution >= 0.6 is 0 Å². The van der Waals surface area contributed by atoms with E-state index in [-0.39, 0.29) is 5.91 Å². The summed E-state index contributed by atoms with van der Waals surface area (Å²) in [6, 6.07) is 7.47. The molecule has 0 aliphatic heterocycles. The van der Waals surface area contributed by atoms with Crippen LogP contribution in [-0.4, -0.2) is 29.5 Å². The Balaban J connectivity index is 2.17. The first-order chi connectivity index (χ1) is 10.0. The second-order valence-corrected chi connectivity index (χ2v) is 4.75. The van der Waals surface area contributed by atoms with Crippen molar-refractivity contribution in [3.63, 3.8) is 0 Å². The van der Waals surface area contributed by atoms with Gasteiger partial charge in [0, 0.05) is 23.1 Å². The van der Waals surface area contributed by atoms with Gasteiger partial charge in [0.05, 0.1) is 5.56 Å². The molecule has 0 fully saturated rings. The molecule has 0 bridgehead atoms. The highest BCUT2D eigenvalue weighted by Crippen LogP contribution is 2.22. The highest BCUT2D eigenvalue weighted by atomic mass is 16.5. The number of ether oxygens (including phenoxy) is 1. The maximum absolute atomic E-state index is 12.3. The van der Waals surface area contributed by atoms with E-state index in [4.69, 9.17) is 4.74 Å². The summed E-state index contributed by atoms with van der Waals surface area (Å²) in [5.74, 6) is -0.855. The van der Waals surface area contributed by atoms with Crippen LogP contribution in [0.5, 0.6) is 0 Å². The number of fused-ring (bicyclic) bond motifs is 1. The Labute approximate surface area is 123 Å². The van der Waals surface area contributed by atoms with E-state index in [1.165, 1.54) is 0 Å². The molecule has 0 spiro atoms. The highest BCUT2D eigenvalue weighted by molar-refractivity contribution is 6.06. The minimum absolute atomic E-state index is 0.340. The lowest BCUT2D eigenvalue weighted by Crippen LogP contribution is -2.35. The molecule has 0 aliphatic rings. The second kappa shape index (κ2) is 6.26. The zero-order valence-electron chi connectivity index (χ0n) is 12.1. The first-order valence-electron chi connectivity index (χ1n) is 6.71. The fraction of sp³-hybridized carbons (Fsp3) is 0.250. The molecule has 0 aliphatic carbocycles. The van der Waals surface area contributed by atoms with Crippen molar-refractivity contribution in [3.05, 3.63) is 48.2 Å². The normalized spacial score (nSPS) is 11.9. The fourth-order valence-electron chi connectivity index (χ4n) is 2.13. The first-order valence-corrected chi connectivity index (χ1v) is 6.71. The van der Waals surface area contributed by atoms with E-state index in [0.29, 0.717) is 12.1 Å². The highest BCUT2D eigenvalue weighted by Gasteiger charge is 2.22. The number of carbonyl (C=O) groups is 2. The molecule has 1 atom stereocenters. The lowest BCUT2D eigenvalue weighted by Gasteiger charge is -2.12. The van der Waals surface area contributed by atoms with Crippen LogP contribution < -0.4 is 5.32 Å². The Morgan fingerprint density at radius 2 is 2.14 bits per heavy atom. The largest absolute Gasteiger partial charge is 0.449 e. The van der Waals surface area contributed by atoms with E-state index in [0.717, 1.165) is 16.6 Å². The number of aryl methyl sites for hydroxylation is 1. The smallest absolute Gasteiger partial charge is 0.341 e. The maximum atomic E-state index is 12.3. The second-order valence-electron chi connectivity index (χ2n) is 4.75. The minimum atomic E-state index is -0.856. The van der Waals surface area contributed by atoms with Gasteiger partial charge in [0.25, 0.3) is 5.91 Å². The number of hydrogen-bond donors (Lipinski definition) is 2. The van der Waals surface area contributed by atoms with Crippen LogP contribution in [0.3, 0.4) is 0 Å². The van der Waals surface area contributed by atoms with Crippen LogP contribution in [0.1, 0.15) is 23.0 Å². The van der Waals surface area contributed by atoms with Gasteiger partial charge in [0.15, 0.2) is 6.10 Å². The number of carbonyl (C=O) groups excluding carboxylic acids is 2. The predicted octanol–water partition coefficient (Wildman–Crippen LogP) is 2.32.